The molecule has 0 aliphatic carbocycles. The van der Waals surface area contributed by atoms with Crippen molar-refractivity contribution in [3.8, 4) is 5.75 Å². The number of sulfone groups is 1. The van der Waals surface area contributed by atoms with Crippen LogP contribution < -0.4 is 4.74 Å². The first kappa shape index (κ1) is 17.5. The van der Waals surface area contributed by atoms with Crippen LogP contribution in [0.3, 0.4) is 0 Å². The van der Waals surface area contributed by atoms with Crippen molar-refractivity contribution in [3.63, 3.8) is 0 Å². The number of aryl methyl sites for hydroxylation is 2. The molecule has 0 radical (unpaired) electrons. The number of ether oxygens (including phenoxy) is 1. The molecule has 0 heterocycles. The Labute approximate surface area is 141 Å². The lowest BCUT2D eigenvalue weighted by Gasteiger charge is -2.13. The standard InChI is InChI=1S/C17H17ClO4S/c1-10-5-6-11(2)16(12(10)3)22-17(19)13-7-8-14(18)15(9-13)23(4,20)21/h5-9H,1-4H3. The molecule has 0 spiro atoms. The number of carbonyl (C=O) groups is 1. The van der Waals surface area contributed by atoms with Crippen LogP contribution in [0, 0.1) is 20.8 Å². The van der Waals surface area contributed by atoms with Gasteiger partial charge in [-0.3, -0.25) is 0 Å². The maximum atomic E-state index is 12.4. The van der Waals surface area contributed by atoms with E-state index < -0.39 is 15.8 Å². The second-order valence-corrected chi connectivity index (χ2v) is 7.85. The van der Waals surface area contributed by atoms with E-state index in [0.717, 1.165) is 22.9 Å². The number of carbonyl (C=O) groups excluding carboxylic acids is 1. The number of rotatable bonds is 3. The van der Waals surface area contributed by atoms with Crippen LogP contribution in [0.5, 0.6) is 5.75 Å². The maximum absolute atomic E-state index is 12.4. The van der Waals surface area contributed by atoms with Gasteiger partial charge in [0.2, 0.25) is 0 Å². The van der Waals surface area contributed by atoms with Crippen molar-refractivity contribution in [1.29, 1.82) is 0 Å². The summed E-state index contributed by atoms with van der Waals surface area (Å²) in [6, 6.07) is 7.88. The Bertz CT molecular complexity index is 886. The third-order valence-corrected chi connectivity index (χ3v) is 5.21. The molecule has 0 aliphatic rings. The molecule has 0 aliphatic heterocycles. The predicted molar refractivity (Wildman–Crippen MR) is 90.2 cm³/mol. The molecule has 23 heavy (non-hydrogen) atoms. The van der Waals surface area contributed by atoms with E-state index in [1.165, 1.54) is 18.2 Å². The molecule has 0 fully saturated rings. The van der Waals surface area contributed by atoms with Gasteiger partial charge in [-0.25, -0.2) is 13.2 Å². The van der Waals surface area contributed by atoms with Gasteiger partial charge < -0.3 is 4.74 Å². The Morgan fingerprint density at radius 1 is 1.04 bits per heavy atom. The molecule has 0 atom stereocenters. The molecule has 122 valence electrons. The summed E-state index contributed by atoms with van der Waals surface area (Å²) in [5.74, 6) is -0.130. The van der Waals surface area contributed by atoms with Crippen molar-refractivity contribution in [1.82, 2.24) is 0 Å². The van der Waals surface area contributed by atoms with E-state index in [-0.39, 0.29) is 15.5 Å². The monoisotopic (exact) mass is 352 g/mol. The number of hydrogen-bond donors (Lipinski definition) is 0. The molecule has 0 bridgehead atoms. The highest BCUT2D eigenvalue weighted by Gasteiger charge is 2.18. The summed E-state index contributed by atoms with van der Waals surface area (Å²) < 4.78 is 28.9. The molecule has 0 saturated carbocycles. The lowest BCUT2D eigenvalue weighted by Crippen LogP contribution is -2.12. The van der Waals surface area contributed by atoms with E-state index in [2.05, 4.69) is 0 Å². The molecule has 0 aromatic heterocycles. The van der Waals surface area contributed by atoms with Crippen molar-refractivity contribution in [2.75, 3.05) is 6.26 Å². The van der Waals surface area contributed by atoms with Gasteiger partial charge in [0.1, 0.15) is 5.75 Å². The van der Waals surface area contributed by atoms with Crippen LogP contribution in [-0.4, -0.2) is 20.6 Å². The highest BCUT2D eigenvalue weighted by Crippen LogP contribution is 2.28. The topological polar surface area (TPSA) is 60.4 Å². The third-order valence-electron chi connectivity index (χ3n) is 3.63. The van der Waals surface area contributed by atoms with Crippen molar-refractivity contribution in [2.45, 2.75) is 25.7 Å². The molecular weight excluding hydrogens is 336 g/mol. The Morgan fingerprint density at radius 3 is 2.26 bits per heavy atom. The van der Waals surface area contributed by atoms with Crippen molar-refractivity contribution in [3.05, 3.63) is 57.6 Å². The lowest BCUT2D eigenvalue weighted by atomic mass is 10.1. The second kappa shape index (κ2) is 6.34. The van der Waals surface area contributed by atoms with Gasteiger partial charge in [0, 0.05) is 6.26 Å². The fourth-order valence-corrected chi connectivity index (χ4v) is 3.45. The van der Waals surface area contributed by atoms with E-state index >= 15 is 0 Å². The summed E-state index contributed by atoms with van der Waals surface area (Å²) in [5, 5.41) is 0.0759. The van der Waals surface area contributed by atoms with Crippen LogP contribution in [0.15, 0.2) is 35.2 Å². The largest absolute Gasteiger partial charge is 0.422 e. The number of halogens is 1. The van der Waals surface area contributed by atoms with Gasteiger partial charge in [0.15, 0.2) is 9.84 Å². The average molecular weight is 353 g/mol. The summed E-state index contributed by atoms with van der Waals surface area (Å²) >= 11 is 5.89. The fourth-order valence-electron chi connectivity index (χ4n) is 2.15. The zero-order valence-corrected chi connectivity index (χ0v) is 14.9. The highest BCUT2D eigenvalue weighted by atomic mass is 35.5. The van der Waals surface area contributed by atoms with Crippen molar-refractivity contribution >= 4 is 27.4 Å². The van der Waals surface area contributed by atoms with Gasteiger partial charge >= 0.3 is 5.97 Å². The van der Waals surface area contributed by atoms with Gasteiger partial charge in [-0.05, 0) is 55.7 Å². The second-order valence-electron chi connectivity index (χ2n) is 5.46. The van der Waals surface area contributed by atoms with Gasteiger partial charge in [-0.15, -0.1) is 0 Å². The normalized spacial score (nSPS) is 11.3. The minimum Gasteiger partial charge on any atom is -0.422 e. The van der Waals surface area contributed by atoms with Crippen LogP contribution in [-0.2, 0) is 9.84 Å². The summed E-state index contributed by atoms with van der Waals surface area (Å²) in [5.41, 5.74) is 2.84. The number of benzene rings is 2. The molecule has 2 rings (SSSR count). The Hall–Kier alpha value is -1.85. The zero-order valence-electron chi connectivity index (χ0n) is 13.3. The van der Waals surface area contributed by atoms with Crippen LogP contribution in [0.4, 0.5) is 0 Å². The zero-order chi connectivity index (χ0) is 17.4. The molecule has 0 N–H and O–H groups in total. The van der Waals surface area contributed by atoms with E-state index in [1.54, 1.807) is 0 Å². The van der Waals surface area contributed by atoms with Gasteiger partial charge in [-0.1, -0.05) is 23.7 Å². The lowest BCUT2D eigenvalue weighted by molar-refractivity contribution is 0.0732. The van der Waals surface area contributed by atoms with Crippen molar-refractivity contribution < 1.29 is 17.9 Å². The first-order valence-electron chi connectivity index (χ1n) is 6.90. The van der Waals surface area contributed by atoms with Crippen LogP contribution in [0.2, 0.25) is 5.02 Å². The van der Waals surface area contributed by atoms with Crippen LogP contribution in [0.1, 0.15) is 27.0 Å². The fraction of sp³-hybridized carbons (Fsp3) is 0.235. The van der Waals surface area contributed by atoms with E-state index in [4.69, 9.17) is 16.3 Å². The summed E-state index contributed by atoms with van der Waals surface area (Å²) in [7, 11) is -3.53. The van der Waals surface area contributed by atoms with Gasteiger partial charge in [0.25, 0.3) is 0 Å². The average Bonchev–Trinajstić information content (AvgIpc) is 2.46. The molecule has 6 heteroatoms. The van der Waals surface area contributed by atoms with Crippen LogP contribution >= 0.6 is 11.6 Å². The first-order valence-corrected chi connectivity index (χ1v) is 9.17. The third kappa shape index (κ3) is 3.74. The predicted octanol–water partition coefficient (Wildman–Crippen LogP) is 3.89. The van der Waals surface area contributed by atoms with Gasteiger partial charge in [-0.2, -0.15) is 0 Å². The number of hydrogen-bond acceptors (Lipinski definition) is 4. The number of esters is 1. The summed E-state index contributed by atoms with van der Waals surface area (Å²) in [6.45, 7) is 5.64. The first-order chi connectivity index (χ1) is 10.6. The molecular formula is C17H17ClO4S. The van der Waals surface area contributed by atoms with Crippen LogP contribution in [0.25, 0.3) is 0 Å². The Morgan fingerprint density at radius 2 is 1.65 bits per heavy atom. The molecule has 4 nitrogen and oxygen atoms in total. The quantitative estimate of drug-likeness (QED) is 0.621. The molecule has 0 amide bonds. The van der Waals surface area contributed by atoms with E-state index in [0.29, 0.717) is 5.75 Å². The Kier molecular flexibility index (Phi) is 4.82. The van der Waals surface area contributed by atoms with E-state index in [1.807, 2.05) is 32.9 Å². The molecule has 2 aromatic rings. The summed E-state index contributed by atoms with van der Waals surface area (Å²) in [4.78, 5) is 12.3. The minimum atomic E-state index is -3.53. The SMILES string of the molecule is Cc1ccc(C)c(OC(=O)c2ccc(Cl)c(S(C)(=O)=O)c2)c1C. The maximum Gasteiger partial charge on any atom is 0.343 e. The molecule has 0 unspecified atom stereocenters. The van der Waals surface area contributed by atoms with Crippen molar-refractivity contribution in [2.24, 2.45) is 0 Å². The summed E-state index contributed by atoms with van der Waals surface area (Å²) in [6.07, 6.45) is 1.04. The highest BCUT2D eigenvalue weighted by molar-refractivity contribution is 7.90. The molecule has 0 saturated heterocycles. The smallest absolute Gasteiger partial charge is 0.343 e. The Balaban J connectivity index is 2.42. The van der Waals surface area contributed by atoms with E-state index in [9.17, 15) is 13.2 Å². The van der Waals surface area contributed by atoms with Gasteiger partial charge in [0.05, 0.1) is 15.5 Å². The molecule has 2 aromatic carbocycles. The minimum absolute atomic E-state index is 0.0759.